The van der Waals surface area contributed by atoms with Gasteiger partial charge in [-0.1, -0.05) is 19.8 Å². The topological polar surface area (TPSA) is 35.2 Å². The number of hydrogen-bond donors (Lipinski definition) is 1. The van der Waals surface area contributed by atoms with Crippen LogP contribution in [0.15, 0.2) is 0 Å². The number of hydrogen-bond acceptors (Lipinski definition) is 2. The van der Waals surface area contributed by atoms with Crippen molar-refractivity contribution in [3.05, 3.63) is 0 Å². The van der Waals surface area contributed by atoms with Gasteiger partial charge in [-0.3, -0.25) is 0 Å². The van der Waals surface area contributed by atoms with Gasteiger partial charge in [-0.25, -0.2) is 0 Å². The van der Waals surface area contributed by atoms with Crippen LogP contribution in [0.4, 0.5) is 0 Å². The van der Waals surface area contributed by atoms with Crippen LogP contribution < -0.4 is 5.73 Å². The molecule has 2 heteroatoms. The molecule has 0 heterocycles. The van der Waals surface area contributed by atoms with E-state index in [1.54, 1.807) is 0 Å². The predicted molar refractivity (Wildman–Crippen MR) is 55.6 cm³/mol. The average molecular weight is 185 g/mol. The zero-order valence-electron chi connectivity index (χ0n) is 9.18. The van der Waals surface area contributed by atoms with E-state index in [0.29, 0.717) is 18.6 Å². The summed E-state index contributed by atoms with van der Waals surface area (Å²) < 4.78 is 6.02. The van der Waals surface area contributed by atoms with E-state index in [1.165, 1.54) is 19.3 Å². The van der Waals surface area contributed by atoms with Crippen LogP contribution in [0.5, 0.6) is 0 Å². The zero-order valence-corrected chi connectivity index (χ0v) is 9.18. The van der Waals surface area contributed by atoms with Gasteiger partial charge < -0.3 is 10.5 Å². The van der Waals surface area contributed by atoms with Crippen LogP contribution in [-0.2, 0) is 4.74 Å². The summed E-state index contributed by atoms with van der Waals surface area (Å²) in [5, 5.41) is 0. The number of rotatable bonds is 3. The highest BCUT2D eigenvalue weighted by molar-refractivity contribution is 4.91. The maximum absolute atomic E-state index is 6.02. The van der Waals surface area contributed by atoms with Crippen LogP contribution in [-0.4, -0.2) is 18.2 Å². The second kappa shape index (κ2) is 4.43. The Morgan fingerprint density at radius 3 is 2.62 bits per heavy atom. The maximum atomic E-state index is 6.02. The van der Waals surface area contributed by atoms with Gasteiger partial charge in [-0.2, -0.15) is 0 Å². The molecule has 0 aromatic rings. The Hall–Kier alpha value is -0.0800. The van der Waals surface area contributed by atoms with Gasteiger partial charge in [0.05, 0.1) is 11.7 Å². The van der Waals surface area contributed by atoms with Gasteiger partial charge in [-0.05, 0) is 32.6 Å². The molecule has 0 radical (unpaired) electrons. The van der Waals surface area contributed by atoms with Crippen molar-refractivity contribution in [2.24, 2.45) is 11.7 Å². The summed E-state index contributed by atoms with van der Waals surface area (Å²) in [6.07, 6.45) is 5.31. The SMILES string of the molecule is CC(C)OC1(CN)CCCCC1C. The van der Waals surface area contributed by atoms with Crippen LogP contribution >= 0.6 is 0 Å². The highest BCUT2D eigenvalue weighted by atomic mass is 16.5. The summed E-state index contributed by atoms with van der Waals surface area (Å²) in [6, 6.07) is 0. The van der Waals surface area contributed by atoms with Crippen molar-refractivity contribution in [3.8, 4) is 0 Å². The van der Waals surface area contributed by atoms with Gasteiger partial charge in [0.2, 0.25) is 0 Å². The first-order chi connectivity index (χ1) is 6.10. The van der Waals surface area contributed by atoms with Gasteiger partial charge >= 0.3 is 0 Å². The Labute approximate surface area is 81.8 Å². The van der Waals surface area contributed by atoms with Gasteiger partial charge in [0.25, 0.3) is 0 Å². The third kappa shape index (κ3) is 2.44. The summed E-state index contributed by atoms with van der Waals surface area (Å²) in [5.74, 6) is 0.619. The molecule has 78 valence electrons. The molecule has 2 nitrogen and oxygen atoms in total. The van der Waals surface area contributed by atoms with Crippen LogP contribution in [0.3, 0.4) is 0 Å². The van der Waals surface area contributed by atoms with Crippen molar-refractivity contribution in [1.29, 1.82) is 0 Å². The highest BCUT2D eigenvalue weighted by Gasteiger charge is 2.38. The van der Waals surface area contributed by atoms with Crippen molar-refractivity contribution in [2.45, 2.75) is 58.2 Å². The molecule has 1 rings (SSSR count). The molecule has 2 unspecified atom stereocenters. The molecule has 0 bridgehead atoms. The molecule has 1 aliphatic carbocycles. The molecule has 1 saturated carbocycles. The van der Waals surface area contributed by atoms with Crippen LogP contribution in [0.2, 0.25) is 0 Å². The van der Waals surface area contributed by atoms with E-state index in [2.05, 4.69) is 20.8 Å². The first kappa shape index (κ1) is 11.0. The Morgan fingerprint density at radius 1 is 1.46 bits per heavy atom. The molecule has 1 aliphatic rings. The smallest absolute Gasteiger partial charge is 0.0832 e. The van der Waals surface area contributed by atoms with Gasteiger partial charge in [0.1, 0.15) is 0 Å². The lowest BCUT2D eigenvalue weighted by Crippen LogP contribution is -2.49. The molecule has 0 aromatic heterocycles. The standard InChI is InChI=1S/C11H23NO/c1-9(2)13-11(8-12)7-5-4-6-10(11)3/h9-10H,4-8,12H2,1-3H3. The summed E-state index contributed by atoms with van der Waals surface area (Å²) in [6.45, 7) is 7.14. The molecule has 2 N–H and O–H groups in total. The van der Waals surface area contributed by atoms with Crippen LogP contribution in [0.1, 0.15) is 46.5 Å². The summed E-state index contributed by atoms with van der Waals surface area (Å²) >= 11 is 0. The van der Waals surface area contributed by atoms with Gasteiger partial charge in [0, 0.05) is 6.54 Å². The minimum Gasteiger partial charge on any atom is -0.371 e. The van der Waals surface area contributed by atoms with Gasteiger partial charge in [0.15, 0.2) is 0 Å². The molecule has 0 saturated heterocycles. The first-order valence-corrected chi connectivity index (χ1v) is 5.48. The van der Waals surface area contributed by atoms with Crippen LogP contribution in [0, 0.1) is 5.92 Å². The lowest BCUT2D eigenvalue weighted by molar-refractivity contribution is -0.124. The summed E-state index contributed by atoms with van der Waals surface area (Å²) in [5.41, 5.74) is 5.83. The van der Waals surface area contributed by atoms with E-state index in [0.717, 1.165) is 6.42 Å². The van der Waals surface area contributed by atoms with E-state index in [4.69, 9.17) is 10.5 Å². The Kier molecular flexibility index (Phi) is 3.74. The van der Waals surface area contributed by atoms with E-state index < -0.39 is 0 Å². The fraction of sp³-hybridized carbons (Fsp3) is 1.00. The molecule has 2 atom stereocenters. The number of nitrogens with two attached hydrogens (primary N) is 1. The molecule has 0 aliphatic heterocycles. The zero-order chi connectivity index (χ0) is 9.90. The minimum atomic E-state index is -0.0214. The second-order valence-electron chi connectivity index (χ2n) is 4.58. The lowest BCUT2D eigenvalue weighted by atomic mass is 9.76. The molecule has 0 spiro atoms. The monoisotopic (exact) mass is 185 g/mol. The Bertz CT molecular complexity index is 158. The molecule has 1 fully saturated rings. The molecule has 0 amide bonds. The Balaban J connectivity index is 2.64. The third-order valence-corrected chi connectivity index (χ3v) is 3.20. The normalized spacial score (nSPS) is 35.3. The predicted octanol–water partition coefficient (Wildman–Crippen LogP) is 2.32. The molecule has 13 heavy (non-hydrogen) atoms. The van der Waals surface area contributed by atoms with Crippen LogP contribution in [0.25, 0.3) is 0 Å². The Morgan fingerprint density at radius 2 is 2.15 bits per heavy atom. The minimum absolute atomic E-state index is 0.0214. The second-order valence-corrected chi connectivity index (χ2v) is 4.58. The van der Waals surface area contributed by atoms with Crippen molar-refractivity contribution in [3.63, 3.8) is 0 Å². The largest absolute Gasteiger partial charge is 0.371 e. The average Bonchev–Trinajstić information content (AvgIpc) is 2.08. The van der Waals surface area contributed by atoms with Crippen molar-refractivity contribution in [1.82, 2.24) is 0 Å². The molecular formula is C11H23NO. The lowest BCUT2D eigenvalue weighted by Gasteiger charge is -2.43. The van der Waals surface area contributed by atoms with E-state index >= 15 is 0 Å². The van der Waals surface area contributed by atoms with Crippen molar-refractivity contribution >= 4 is 0 Å². The summed E-state index contributed by atoms with van der Waals surface area (Å²) in [4.78, 5) is 0. The fourth-order valence-electron chi connectivity index (χ4n) is 2.38. The fourth-order valence-corrected chi connectivity index (χ4v) is 2.38. The number of ether oxygens (including phenoxy) is 1. The van der Waals surface area contributed by atoms with E-state index in [1.807, 2.05) is 0 Å². The molecule has 0 aromatic carbocycles. The van der Waals surface area contributed by atoms with Crippen molar-refractivity contribution < 1.29 is 4.74 Å². The molecular weight excluding hydrogens is 162 g/mol. The first-order valence-electron chi connectivity index (χ1n) is 5.48. The van der Waals surface area contributed by atoms with E-state index in [-0.39, 0.29) is 5.60 Å². The van der Waals surface area contributed by atoms with E-state index in [9.17, 15) is 0 Å². The van der Waals surface area contributed by atoms with Crippen molar-refractivity contribution in [2.75, 3.05) is 6.54 Å². The maximum Gasteiger partial charge on any atom is 0.0832 e. The quantitative estimate of drug-likeness (QED) is 0.732. The van der Waals surface area contributed by atoms with Gasteiger partial charge in [-0.15, -0.1) is 0 Å². The highest BCUT2D eigenvalue weighted by Crippen LogP contribution is 2.36. The summed E-state index contributed by atoms with van der Waals surface area (Å²) in [7, 11) is 0. The third-order valence-electron chi connectivity index (χ3n) is 3.20.